The van der Waals surface area contributed by atoms with Gasteiger partial charge in [0.2, 0.25) is 5.78 Å². The molecule has 3 aliphatic heterocycles. The number of likely N-dealkylation sites (tertiary alicyclic amines) is 1. The van der Waals surface area contributed by atoms with E-state index in [1.807, 2.05) is 0 Å². The lowest BCUT2D eigenvalue weighted by Crippen LogP contribution is -2.53. The molecule has 2 N–H and O–H groups in total. The maximum atomic E-state index is 13.1. The molecule has 1 aromatic carbocycles. The lowest BCUT2D eigenvalue weighted by molar-refractivity contribution is 0.0811. The van der Waals surface area contributed by atoms with Crippen LogP contribution in [0, 0.1) is 0 Å². The number of hydrogen-bond donors (Lipinski definition) is 2. The van der Waals surface area contributed by atoms with Gasteiger partial charge in [0.15, 0.2) is 0 Å². The van der Waals surface area contributed by atoms with Crippen LogP contribution in [-0.2, 0) is 4.74 Å². The Morgan fingerprint density at radius 3 is 2.92 bits per heavy atom. The van der Waals surface area contributed by atoms with Crippen LogP contribution in [0.3, 0.4) is 0 Å². The quantitative estimate of drug-likeness (QED) is 0.832. The molecule has 0 radical (unpaired) electrons. The number of hydrogen-bond acceptors (Lipinski definition) is 5. The summed E-state index contributed by atoms with van der Waals surface area (Å²) in [6, 6.07) is 7.03. The summed E-state index contributed by atoms with van der Waals surface area (Å²) >= 11 is 0. The molecular weight excluding hydrogens is 316 g/mol. The van der Waals surface area contributed by atoms with Crippen LogP contribution in [0.5, 0.6) is 0 Å². The maximum Gasteiger partial charge on any atom is 0.202 e. The number of ketones is 1. The fourth-order valence-electron chi connectivity index (χ4n) is 4.83. The van der Waals surface area contributed by atoms with Gasteiger partial charge in [-0.1, -0.05) is 12.1 Å². The third kappa shape index (κ3) is 2.43. The first-order chi connectivity index (χ1) is 12.2. The number of fused-ring (bicyclic) bond motifs is 3. The van der Waals surface area contributed by atoms with Gasteiger partial charge in [-0.2, -0.15) is 5.10 Å². The van der Waals surface area contributed by atoms with Gasteiger partial charge in [-0.05, 0) is 43.9 Å². The first kappa shape index (κ1) is 15.5. The van der Waals surface area contributed by atoms with Crippen LogP contribution >= 0.6 is 0 Å². The Morgan fingerprint density at radius 2 is 2.16 bits per heavy atom. The number of aromatic nitrogens is 2. The normalized spacial score (nSPS) is 30.4. The standard InChI is InChI=1S/C19H24N4O2/c1-23-13-9-16(20-10-13)18(23)19(24)17-14-3-2-12(8-15(14)21-22-17)11-4-6-25-7-5-11/h2-3,8,11,13,16,18,20H,4-7,9-10H2,1H3,(H,21,22)/t13-,16+,18?/m0/s1. The second kappa shape index (κ2) is 5.90. The first-order valence-electron chi connectivity index (χ1n) is 9.27. The fourth-order valence-corrected chi connectivity index (χ4v) is 4.83. The highest BCUT2D eigenvalue weighted by Gasteiger charge is 2.48. The van der Waals surface area contributed by atoms with E-state index in [4.69, 9.17) is 4.74 Å². The number of nitrogens with one attached hydrogen (secondary N) is 2. The van der Waals surface area contributed by atoms with Crippen LogP contribution in [-0.4, -0.2) is 65.8 Å². The SMILES string of the molecule is CN1C(C(=O)c2n[nH]c3cc(C4CCOCC4)ccc23)[C@H]2C[C@H]1CN2. The average molecular weight is 340 g/mol. The summed E-state index contributed by atoms with van der Waals surface area (Å²) in [5, 5.41) is 11.9. The van der Waals surface area contributed by atoms with Crippen LogP contribution < -0.4 is 5.32 Å². The van der Waals surface area contributed by atoms with Crippen molar-refractivity contribution in [2.24, 2.45) is 0 Å². The van der Waals surface area contributed by atoms with Crippen molar-refractivity contribution in [2.45, 2.75) is 43.3 Å². The molecule has 1 aromatic heterocycles. The predicted octanol–water partition coefficient (Wildman–Crippen LogP) is 1.68. The summed E-state index contributed by atoms with van der Waals surface area (Å²) in [5.74, 6) is 0.675. The van der Waals surface area contributed by atoms with Gasteiger partial charge < -0.3 is 10.1 Å². The molecule has 1 unspecified atom stereocenters. The monoisotopic (exact) mass is 340 g/mol. The molecule has 2 aromatic rings. The molecule has 3 saturated heterocycles. The smallest absolute Gasteiger partial charge is 0.202 e. The number of piperazine rings is 1. The minimum absolute atomic E-state index is 0.0968. The summed E-state index contributed by atoms with van der Waals surface area (Å²) in [4.78, 5) is 15.4. The highest BCUT2D eigenvalue weighted by atomic mass is 16.5. The summed E-state index contributed by atoms with van der Waals surface area (Å²) in [5.41, 5.74) is 2.86. The number of carbonyl (C=O) groups excluding carboxylic acids is 1. The number of likely N-dealkylation sites (N-methyl/N-ethyl adjacent to an activating group) is 1. The fraction of sp³-hybridized carbons (Fsp3) is 0.579. The van der Waals surface area contributed by atoms with E-state index in [-0.39, 0.29) is 17.9 Å². The molecule has 6 heteroatoms. The van der Waals surface area contributed by atoms with Gasteiger partial charge in [0.1, 0.15) is 5.69 Å². The number of aromatic amines is 1. The molecule has 132 valence electrons. The van der Waals surface area contributed by atoms with E-state index in [0.29, 0.717) is 17.7 Å². The van der Waals surface area contributed by atoms with E-state index < -0.39 is 0 Å². The van der Waals surface area contributed by atoms with Crippen LogP contribution in [0.15, 0.2) is 18.2 Å². The molecule has 2 bridgehead atoms. The molecule has 3 aliphatic rings. The molecule has 3 atom stereocenters. The molecule has 0 aliphatic carbocycles. The van der Waals surface area contributed by atoms with E-state index in [9.17, 15) is 4.79 Å². The molecule has 5 rings (SSSR count). The highest BCUT2D eigenvalue weighted by molar-refractivity contribution is 6.09. The lowest BCUT2D eigenvalue weighted by Gasteiger charge is -2.30. The maximum absolute atomic E-state index is 13.1. The number of carbonyl (C=O) groups is 1. The Kier molecular flexibility index (Phi) is 3.66. The number of benzene rings is 1. The van der Waals surface area contributed by atoms with E-state index in [0.717, 1.165) is 49.9 Å². The number of nitrogens with zero attached hydrogens (tertiary/aromatic N) is 2. The second-order valence-electron chi connectivity index (χ2n) is 7.64. The topological polar surface area (TPSA) is 70.2 Å². The Morgan fingerprint density at radius 1 is 1.32 bits per heavy atom. The Hall–Kier alpha value is -1.76. The summed E-state index contributed by atoms with van der Waals surface area (Å²) < 4.78 is 5.46. The van der Waals surface area contributed by atoms with E-state index in [1.54, 1.807) is 0 Å². The summed E-state index contributed by atoms with van der Waals surface area (Å²) in [7, 11) is 2.06. The van der Waals surface area contributed by atoms with Crippen molar-refractivity contribution in [1.29, 1.82) is 0 Å². The Bertz CT molecular complexity index is 809. The first-order valence-corrected chi connectivity index (χ1v) is 9.27. The number of H-pyrrole nitrogens is 1. The second-order valence-corrected chi connectivity index (χ2v) is 7.64. The molecule has 0 amide bonds. The number of rotatable bonds is 3. The van der Waals surface area contributed by atoms with Crippen molar-refractivity contribution in [1.82, 2.24) is 20.4 Å². The average Bonchev–Trinajstić information content (AvgIpc) is 3.35. The molecule has 25 heavy (non-hydrogen) atoms. The highest BCUT2D eigenvalue weighted by Crippen LogP contribution is 2.33. The van der Waals surface area contributed by atoms with Crippen molar-refractivity contribution >= 4 is 16.7 Å². The summed E-state index contributed by atoms with van der Waals surface area (Å²) in [6.45, 7) is 2.65. The zero-order valence-corrected chi connectivity index (χ0v) is 14.5. The van der Waals surface area contributed by atoms with Gasteiger partial charge in [0, 0.05) is 37.2 Å². The van der Waals surface area contributed by atoms with Gasteiger partial charge in [0.25, 0.3) is 0 Å². The van der Waals surface area contributed by atoms with Gasteiger partial charge in [0.05, 0.1) is 11.6 Å². The third-order valence-corrected chi connectivity index (χ3v) is 6.32. The van der Waals surface area contributed by atoms with E-state index >= 15 is 0 Å². The van der Waals surface area contributed by atoms with Crippen LogP contribution in [0.25, 0.3) is 10.9 Å². The van der Waals surface area contributed by atoms with Crippen molar-refractivity contribution in [3.63, 3.8) is 0 Å². The van der Waals surface area contributed by atoms with Crippen molar-refractivity contribution in [2.75, 3.05) is 26.8 Å². The molecule has 0 saturated carbocycles. The van der Waals surface area contributed by atoms with Crippen molar-refractivity contribution in [3.8, 4) is 0 Å². The minimum atomic E-state index is -0.0968. The van der Waals surface area contributed by atoms with Crippen LogP contribution in [0.1, 0.15) is 41.2 Å². The number of Topliss-reactive ketones (excluding diaryl/α,β-unsaturated/α-hetero) is 1. The predicted molar refractivity (Wildman–Crippen MR) is 95.0 cm³/mol. The molecular formula is C19H24N4O2. The lowest BCUT2D eigenvalue weighted by atomic mass is 9.91. The molecule has 3 fully saturated rings. The third-order valence-electron chi connectivity index (χ3n) is 6.32. The zero-order valence-electron chi connectivity index (χ0n) is 14.5. The van der Waals surface area contributed by atoms with E-state index in [2.05, 4.69) is 45.7 Å². The molecule has 6 nitrogen and oxygen atoms in total. The number of ether oxygens (including phenoxy) is 1. The van der Waals surface area contributed by atoms with Gasteiger partial charge in [-0.25, -0.2) is 0 Å². The van der Waals surface area contributed by atoms with Crippen LogP contribution in [0.4, 0.5) is 0 Å². The largest absolute Gasteiger partial charge is 0.381 e. The van der Waals surface area contributed by atoms with Gasteiger partial charge in [-0.3, -0.25) is 14.8 Å². The minimum Gasteiger partial charge on any atom is -0.381 e. The van der Waals surface area contributed by atoms with Gasteiger partial charge >= 0.3 is 0 Å². The zero-order chi connectivity index (χ0) is 17.0. The Balaban J connectivity index is 1.45. The van der Waals surface area contributed by atoms with Gasteiger partial charge in [-0.15, -0.1) is 0 Å². The molecule has 0 spiro atoms. The summed E-state index contributed by atoms with van der Waals surface area (Å²) in [6.07, 6.45) is 3.18. The Labute approximate surface area is 146 Å². The molecule has 4 heterocycles. The van der Waals surface area contributed by atoms with Crippen LogP contribution in [0.2, 0.25) is 0 Å². The van der Waals surface area contributed by atoms with E-state index in [1.165, 1.54) is 5.56 Å². The van der Waals surface area contributed by atoms with Crippen molar-refractivity contribution < 1.29 is 9.53 Å². The van der Waals surface area contributed by atoms with Crippen molar-refractivity contribution in [3.05, 3.63) is 29.5 Å².